The summed E-state index contributed by atoms with van der Waals surface area (Å²) in [6.45, 7) is 0. The van der Waals surface area contributed by atoms with Crippen LogP contribution >= 0.6 is 39.3 Å². The summed E-state index contributed by atoms with van der Waals surface area (Å²) in [6.07, 6.45) is 0. The average Bonchev–Trinajstić information content (AvgIpc) is 2.41. The number of nitro groups is 1. The van der Waals surface area contributed by atoms with Crippen LogP contribution in [0.25, 0.3) is 0 Å². The molecule has 104 valence electrons. The molecule has 0 aromatic heterocycles. The first kappa shape index (κ1) is 15.2. The summed E-state index contributed by atoms with van der Waals surface area (Å²) in [5, 5.41) is 11.5. The summed E-state index contributed by atoms with van der Waals surface area (Å²) in [6, 6.07) is 10.4. The van der Waals surface area contributed by atoms with Crippen LogP contribution in [0.15, 0.2) is 45.8 Å². The largest absolute Gasteiger partial charge is 0.398 e. The van der Waals surface area contributed by atoms with E-state index in [0.29, 0.717) is 26.5 Å². The molecule has 2 N–H and O–H groups in total. The van der Waals surface area contributed by atoms with E-state index in [9.17, 15) is 10.1 Å². The van der Waals surface area contributed by atoms with Gasteiger partial charge in [0.1, 0.15) is 0 Å². The first-order valence-corrected chi connectivity index (χ1v) is 7.73. The highest BCUT2D eigenvalue weighted by atomic mass is 79.9. The van der Waals surface area contributed by atoms with Gasteiger partial charge in [-0.2, -0.15) is 0 Å². The highest BCUT2D eigenvalue weighted by Gasteiger charge is 2.14. The SMILES string of the molecule is Nc1ccc(SCc2ccc(Br)cc2[N+](=O)[O-])cc1Cl. The average molecular weight is 374 g/mol. The van der Waals surface area contributed by atoms with Crippen LogP contribution in [0.2, 0.25) is 5.02 Å². The fraction of sp³-hybridized carbons (Fsp3) is 0.0769. The highest BCUT2D eigenvalue weighted by molar-refractivity contribution is 9.10. The van der Waals surface area contributed by atoms with Gasteiger partial charge in [-0.05, 0) is 24.3 Å². The molecule has 0 atom stereocenters. The Labute approximate surface area is 133 Å². The number of halogens is 2. The van der Waals surface area contributed by atoms with Crippen molar-refractivity contribution in [2.24, 2.45) is 0 Å². The Morgan fingerprint density at radius 1 is 1.30 bits per heavy atom. The van der Waals surface area contributed by atoms with Gasteiger partial charge in [0.15, 0.2) is 0 Å². The van der Waals surface area contributed by atoms with Crippen LogP contribution in [0.5, 0.6) is 0 Å². The van der Waals surface area contributed by atoms with Crippen molar-refractivity contribution in [3.05, 3.63) is 61.6 Å². The van der Waals surface area contributed by atoms with E-state index in [1.807, 2.05) is 6.07 Å². The van der Waals surface area contributed by atoms with Gasteiger partial charge in [-0.25, -0.2) is 0 Å². The molecule has 0 fully saturated rings. The number of rotatable bonds is 4. The number of benzene rings is 2. The fourth-order valence-corrected chi connectivity index (χ4v) is 3.11. The van der Waals surface area contributed by atoms with E-state index in [-0.39, 0.29) is 10.6 Å². The molecule has 2 aromatic carbocycles. The lowest BCUT2D eigenvalue weighted by Crippen LogP contribution is -1.94. The number of nitrogens with zero attached hydrogens (tertiary/aromatic N) is 1. The number of hydrogen-bond acceptors (Lipinski definition) is 4. The molecule has 2 aromatic rings. The van der Waals surface area contributed by atoms with Gasteiger partial charge in [0.05, 0.1) is 15.6 Å². The standard InChI is InChI=1S/C13H10BrClN2O2S/c14-9-2-1-8(13(5-9)17(18)19)7-20-10-3-4-12(16)11(15)6-10/h1-6H,7,16H2. The fourth-order valence-electron chi connectivity index (χ4n) is 1.59. The summed E-state index contributed by atoms with van der Waals surface area (Å²) >= 11 is 10.7. The van der Waals surface area contributed by atoms with Crippen molar-refractivity contribution in [2.75, 3.05) is 5.73 Å². The molecule has 2 rings (SSSR count). The van der Waals surface area contributed by atoms with E-state index in [1.54, 1.807) is 24.3 Å². The van der Waals surface area contributed by atoms with Crippen molar-refractivity contribution in [1.29, 1.82) is 0 Å². The highest BCUT2D eigenvalue weighted by Crippen LogP contribution is 2.32. The van der Waals surface area contributed by atoms with Gasteiger partial charge < -0.3 is 5.73 Å². The van der Waals surface area contributed by atoms with Crippen LogP contribution in [0.3, 0.4) is 0 Å². The van der Waals surface area contributed by atoms with Crippen molar-refractivity contribution in [1.82, 2.24) is 0 Å². The monoisotopic (exact) mass is 372 g/mol. The maximum atomic E-state index is 11.0. The van der Waals surface area contributed by atoms with Crippen molar-refractivity contribution < 1.29 is 4.92 Å². The lowest BCUT2D eigenvalue weighted by atomic mass is 10.2. The van der Waals surface area contributed by atoms with Crippen molar-refractivity contribution in [3.63, 3.8) is 0 Å². The first-order valence-electron chi connectivity index (χ1n) is 5.58. The number of nitro benzene ring substituents is 1. The third kappa shape index (κ3) is 3.65. The molecule has 0 aliphatic carbocycles. The van der Waals surface area contributed by atoms with Gasteiger partial charge in [0, 0.05) is 26.8 Å². The lowest BCUT2D eigenvalue weighted by molar-refractivity contribution is -0.385. The predicted octanol–water partition coefficient (Wildman–Crippen LogP) is 4.89. The van der Waals surface area contributed by atoms with Crippen LogP contribution in [0, 0.1) is 10.1 Å². The number of nitrogen functional groups attached to an aromatic ring is 1. The van der Waals surface area contributed by atoms with Gasteiger partial charge in [0.2, 0.25) is 0 Å². The van der Waals surface area contributed by atoms with Gasteiger partial charge >= 0.3 is 0 Å². The molecule has 0 heterocycles. The topological polar surface area (TPSA) is 69.2 Å². The zero-order chi connectivity index (χ0) is 14.7. The van der Waals surface area contributed by atoms with E-state index in [4.69, 9.17) is 17.3 Å². The van der Waals surface area contributed by atoms with Gasteiger partial charge in [-0.3, -0.25) is 10.1 Å². The van der Waals surface area contributed by atoms with E-state index in [1.165, 1.54) is 17.8 Å². The van der Waals surface area contributed by atoms with E-state index >= 15 is 0 Å². The van der Waals surface area contributed by atoms with Gasteiger partial charge in [-0.1, -0.05) is 33.6 Å². The number of anilines is 1. The minimum Gasteiger partial charge on any atom is -0.398 e. The molecule has 0 aliphatic heterocycles. The third-order valence-electron chi connectivity index (χ3n) is 2.61. The Balaban J connectivity index is 2.18. The molecule has 0 amide bonds. The van der Waals surface area contributed by atoms with Crippen molar-refractivity contribution in [2.45, 2.75) is 10.6 Å². The molecule has 0 bridgehead atoms. The second-order valence-corrected chi connectivity index (χ2v) is 6.37. The van der Waals surface area contributed by atoms with Crippen LogP contribution in [0.1, 0.15) is 5.56 Å². The molecule has 4 nitrogen and oxygen atoms in total. The number of hydrogen-bond donors (Lipinski definition) is 1. The zero-order valence-electron chi connectivity index (χ0n) is 10.2. The van der Waals surface area contributed by atoms with Gasteiger partial charge in [0.25, 0.3) is 5.69 Å². The lowest BCUT2D eigenvalue weighted by Gasteiger charge is -2.05. The minimum atomic E-state index is -0.378. The second-order valence-electron chi connectivity index (χ2n) is 4.00. The van der Waals surface area contributed by atoms with Crippen LogP contribution in [0.4, 0.5) is 11.4 Å². The molecular weight excluding hydrogens is 364 g/mol. The normalized spacial score (nSPS) is 10.5. The maximum absolute atomic E-state index is 11.0. The van der Waals surface area contributed by atoms with Crippen molar-refractivity contribution >= 4 is 50.7 Å². The number of thioether (sulfide) groups is 1. The molecule has 0 spiro atoms. The van der Waals surface area contributed by atoms with Gasteiger partial charge in [-0.15, -0.1) is 11.8 Å². The molecule has 7 heteroatoms. The molecule has 0 unspecified atom stereocenters. The van der Waals surface area contributed by atoms with E-state index in [2.05, 4.69) is 15.9 Å². The summed E-state index contributed by atoms with van der Waals surface area (Å²) < 4.78 is 0.688. The quantitative estimate of drug-likeness (QED) is 0.359. The Bertz CT molecular complexity index is 667. The van der Waals surface area contributed by atoms with Crippen molar-refractivity contribution in [3.8, 4) is 0 Å². The predicted molar refractivity (Wildman–Crippen MR) is 86.2 cm³/mol. The summed E-state index contributed by atoms with van der Waals surface area (Å²) in [7, 11) is 0. The van der Waals surface area contributed by atoms with Crippen LogP contribution in [-0.4, -0.2) is 4.92 Å². The maximum Gasteiger partial charge on any atom is 0.274 e. The molecule has 0 aliphatic rings. The van der Waals surface area contributed by atoms with E-state index < -0.39 is 0 Å². The Kier molecular flexibility index (Phi) is 4.91. The number of nitrogens with two attached hydrogens (primary N) is 1. The summed E-state index contributed by atoms with van der Waals surface area (Å²) in [4.78, 5) is 11.6. The molecule has 0 saturated heterocycles. The smallest absolute Gasteiger partial charge is 0.274 e. The van der Waals surface area contributed by atoms with E-state index in [0.717, 1.165) is 4.90 Å². The first-order chi connectivity index (χ1) is 9.47. The molecule has 20 heavy (non-hydrogen) atoms. The molecule has 0 saturated carbocycles. The Morgan fingerprint density at radius 3 is 2.70 bits per heavy atom. The second kappa shape index (κ2) is 6.47. The third-order valence-corrected chi connectivity index (χ3v) is 4.47. The van der Waals surface area contributed by atoms with Crippen LogP contribution in [-0.2, 0) is 5.75 Å². The molecular formula is C13H10BrClN2O2S. The summed E-state index contributed by atoms with van der Waals surface area (Å²) in [5.41, 5.74) is 6.93. The Morgan fingerprint density at radius 2 is 2.05 bits per heavy atom. The summed E-state index contributed by atoms with van der Waals surface area (Å²) in [5.74, 6) is 0.490. The Hall–Kier alpha value is -1.24. The zero-order valence-corrected chi connectivity index (χ0v) is 13.3. The van der Waals surface area contributed by atoms with Crippen LogP contribution < -0.4 is 5.73 Å². The molecule has 0 radical (unpaired) electrons. The minimum absolute atomic E-state index is 0.105.